The summed E-state index contributed by atoms with van der Waals surface area (Å²) in [6.07, 6.45) is 3.89. The molecule has 17 heavy (non-hydrogen) atoms. The molecule has 0 aromatic carbocycles. The number of likely N-dealkylation sites (tertiary alicyclic amines) is 1. The Bertz CT molecular complexity index is 216. The van der Waals surface area contributed by atoms with Gasteiger partial charge in [-0.05, 0) is 37.8 Å². The number of hydrogen-bond acceptors (Lipinski definition) is 3. The van der Waals surface area contributed by atoms with E-state index in [4.69, 9.17) is 4.74 Å². The Labute approximate surface area is 106 Å². The van der Waals surface area contributed by atoms with E-state index in [2.05, 4.69) is 24.1 Å². The maximum absolute atomic E-state index is 5.47. The fourth-order valence-corrected chi connectivity index (χ4v) is 3.31. The zero-order valence-electron chi connectivity index (χ0n) is 11.5. The Morgan fingerprint density at radius 2 is 2.18 bits per heavy atom. The van der Waals surface area contributed by atoms with Gasteiger partial charge in [0.2, 0.25) is 0 Å². The molecule has 0 aromatic heterocycles. The molecule has 0 radical (unpaired) electrons. The molecule has 100 valence electrons. The average molecular weight is 240 g/mol. The Morgan fingerprint density at radius 3 is 2.82 bits per heavy atom. The molecule has 2 aliphatic rings. The molecule has 0 aromatic rings. The highest BCUT2D eigenvalue weighted by atomic mass is 16.5. The molecule has 0 spiro atoms. The van der Waals surface area contributed by atoms with Gasteiger partial charge in [0.25, 0.3) is 0 Å². The lowest BCUT2D eigenvalue weighted by molar-refractivity contribution is 0.111. The Morgan fingerprint density at radius 1 is 1.29 bits per heavy atom. The summed E-state index contributed by atoms with van der Waals surface area (Å²) in [6.45, 7) is 11.4. The fraction of sp³-hybridized carbons (Fsp3) is 1.00. The van der Waals surface area contributed by atoms with Crippen LogP contribution in [0.1, 0.15) is 33.1 Å². The maximum Gasteiger partial charge on any atom is 0.0507 e. The van der Waals surface area contributed by atoms with Gasteiger partial charge in [0, 0.05) is 25.7 Å². The SMILES string of the molecule is CCNC1CCN(CC2CCOC2)CC1CC. The first-order valence-corrected chi connectivity index (χ1v) is 7.37. The van der Waals surface area contributed by atoms with E-state index in [1.807, 2.05) is 0 Å². The van der Waals surface area contributed by atoms with Crippen LogP contribution in [0.3, 0.4) is 0 Å². The monoisotopic (exact) mass is 240 g/mol. The molecule has 2 saturated heterocycles. The van der Waals surface area contributed by atoms with Gasteiger partial charge in [-0.15, -0.1) is 0 Å². The van der Waals surface area contributed by atoms with Gasteiger partial charge in [-0.2, -0.15) is 0 Å². The molecule has 3 unspecified atom stereocenters. The highest BCUT2D eigenvalue weighted by Crippen LogP contribution is 2.22. The summed E-state index contributed by atoms with van der Waals surface area (Å²) in [7, 11) is 0. The Hall–Kier alpha value is -0.120. The van der Waals surface area contributed by atoms with Crippen molar-refractivity contribution in [1.82, 2.24) is 10.2 Å². The Kier molecular flexibility index (Phi) is 5.26. The fourth-order valence-electron chi connectivity index (χ4n) is 3.31. The molecular weight excluding hydrogens is 212 g/mol. The average Bonchev–Trinajstić information content (AvgIpc) is 2.84. The molecule has 3 atom stereocenters. The second kappa shape index (κ2) is 6.72. The molecule has 0 aliphatic carbocycles. The second-order valence-electron chi connectivity index (χ2n) is 5.61. The van der Waals surface area contributed by atoms with Crippen LogP contribution in [-0.4, -0.2) is 50.3 Å². The standard InChI is InChI=1S/C14H28N2O/c1-3-13-10-16(7-5-14(13)15-4-2)9-12-6-8-17-11-12/h12-15H,3-11H2,1-2H3. The van der Waals surface area contributed by atoms with E-state index in [1.165, 1.54) is 38.9 Å². The molecule has 0 bridgehead atoms. The predicted octanol–water partition coefficient (Wildman–Crippen LogP) is 1.73. The van der Waals surface area contributed by atoms with Crippen molar-refractivity contribution in [2.75, 3.05) is 39.4 Å². The highest BCUT2D eigenvalue weighted by molar-refractivity contribution is 4.85. The van der Waals surface area contributed by atoms with Crippen LogP contribution in [0.25, 0.3) is 0 Å². The molecule has 3 nitrogen and oxygen atoms in total. The van der Waals surface area contributed by atoms with E-state index >= 15 is 0 Å². The summed E-state index contributed by atoms with van der Waals surface area (Å²) in [6, 6.07) is 0.751. The van der Waals surface area contributed by atoms with E-state index < -0.39 is 0 Å². The molecule has 1 N–H and O–H groups in total. The van der Waals surface area contributed by atoms with E-state index in [1.54, 1.807) is 0 Å². The van der Waals surface area contributed by atoms with Crippen LogP contribution < -0.4 is 5.32 Å². The summed E-state index contributed by atoms with van der Waals surface area (Å²) in [5.41, 5.74) is 0. The van der Waals surface area contributed by atoms with Gasteiger partial charge in [-0.1, -0.05) is 20.3 Å². The molecule has 3 heteroatoms. The van der Waals surface area contributed by atoms with Crippen LogP contribution in [0.4, 0.5) is 0 Å². The van der Waals surface area contributed by atoms with Gasteiger partial charge in [-0.3, -0.25) is 0 Å². The molecule has 2 aliphatic heterocycles. The van der Waals surface area contributed by atoms with Crippen molar-refractivity contribution >= 4 is 0 Å². The van der Waals surface area contributed by atoms with Crippen molar-refractivity contribution in [3.8, 4) is 0 Å². The van der Waals surface area contributed by atoms with Crippen LogP contribution in [0.2, 0.25) is 0 Å². The lowest BCUT2D eigenvalue weighted by atomic mass is 9.89. The van der Waals surface area contributed by atoms with Crippen LogP contribution in [0.15, 0.2) is 0 Å². The quantitative estimate of drug-likeness (QED) is 0.792. The summed E-state index contributed by atoms with van der Waals surface area (Å²) in [4.78, 5) is 2.67. The topological polar surface area (TPSA) is 24.5 Å². The summed E-state index contributed by atoms with van der Waals surface area (Å²) < 4.78 is 5.47. The van der Waals surface area contributed by atoms with Crippen LogP contribution in [-0.2, 0) is 4.74 Å². The number of hydrogen-bond donors (Lipinski definition) is 1. The zero-order valence-corrected chi connectivity index (χ0v) is 11.5. The number of nitrogens with zero attached hydrogens (tertiary/aromatic N) is 1. The smallest absolute Gasteiger partial charge is 0.0507 e. The predicted molar refractivity (Wildman–Crippen MR) is 71.2 cm³/mol. The second-order valence-corrected chi connectivity index (χ2v) is 5.61. The van der Waals surface area contributed by atoms with E-state index in [9.17, 15) is 0 Å². The lowest BCUT2D eigenvalue weighted by Crippen LogP contribution is -2.50. The Balaban J connectivity index is 1.78. The molecule has 2 heterocycles. The first kappa shape index (κ1) is 13.3. The van der Waals surface area contributed by atoms with Crippen molar-refractivity contribution in [2.24, 2.45) is 11.8 Å². The van der Waals surface area contributed by atoms with Gasteiger partial charge in [0.15, 0.2) is 0 Å². The molecule has 0 amide bonds. The van der Waals surface area contributed by atoms with E-state index in [-0.39, 0.29) is 0 Å². The van der Waals surface area contributed by atoms with Crippen molar-refractivity contribution in [3.63, 3.8) is 0 Å². The van der Waals surface area contributed by atoms with Crippen molar-refractivity contribution in [2.45, 2.75) is 39.2 Å². The maximum atomic E-state index is 5.47. The normalized spacial score (nSPS) is 35.3. The van der Waals surface area contributed by atoms with Gasteiger partial charge in [-0.25, -0.2) is 0 Å². The molecule has 2 rings (SSSR count). The summed E-state index contributed by atoms with van der Waals surface area (Å²) >= 11 is 0. The minimum atomic E-state index is 0.751. The van der Waals surface area contributed by atoms with Gasteiger partial charge < -0.3 is 15.0 Å². The minimum Gasteiger partial charge on any atom is -0.381 e. The largest absolute Gasteiger partial charge is 0.381 e. The summed E-state index contributed by atoms with van der Waals surface area (Å²) in [5, 5.41) is 3.65. The molecule has 0 saturated carbocycles. The number of rotatable bonds is 5. The van der Waals surface area contributed by atoms with Crippen LogP contribution in [0.5, 0.6) is 0 Å². The number of nitrogens with one attached hydrogen (secondary N) is 1. The first-order chi connectivity index (χ1) is 8.33. The minimum absolute atomic E-state index is 0.751. The van der Waals surface area contributed by atoms with Gasteiger partial charge in [0.05, 0.1) is 6.61 Å². The molecular formula is C14H28N2O. The van der Waals surface area contributed by atoms with Crippen molar-refractivity contribution in [1.29, 1.82) is 0 Å². The van der Waals surface area contributed by atoms with Crippen LogP contribution in [0, 0.1) is 11.8 Å². The zero-order chi connectivity index (χ0) is 12.1. The highest BCUT2D eigenvalue weighted by Gasteiger charge is 2.29. The van der Waals surface area contributed by atoms with E-state index in [0.29, 0.717) is 0 Å². The van der Waals surface area contributed by atoms with Crippen molar-refractivity contribution in [3.05, 3.63) is 0 Å². The molecule has 2 fully saturated rings. The van der Waals surface area contributed by atoms with Crippen molar-refractivity contribution < 1.29 is 4.74 Å². The van der Waals surface area contributed by atoms with E-state index in [0.717, 1.165) is 37.6 Å². The van der Waals surface area contributed by atoms with Gasteiger partial charge >= 0.3 is 0 Å². The first-order valence-electron chi connectivity index (χ1n) is 7.37. The third-order valence-electron chi connectivity index (χ3n) is 4.35. The number of ether oxygens (including phenoxy) is 1. The van der Waals surface area contributed by atoms with Crippen LogP contribution >= 0.6 is 0 Å². The van der Waals surface area contributed by atoms with Gasteiger partial charge in [0.1, 0.15) is 0 Å². The lowest BCUT2D eigenvalue weighted by Gasteiger charge is -2.39. The summed E-state index contributed by atoms with van der Waals surface area (Å²) in [5.74, 6) is 1.63. The third-order valence-corrected chi connectivity index (χ3v) is 4.35. The third kappa shape index (κ3) is 3.67. The number of piperidine rings is 1.